The number of rotatable bonds is 3. The predicted molar refractivity (Wildman–Crippen MR) is 81.4 cm³/mol. The standard InChI is InChI=1S/C17H22N2O/c1-13-8-9-16(11-15(13)7-4-10-18)17(20)19(2)12-14-5-3-6-14/h8-9,11,14H,3,5-6,10,12,18H2,1-2H3. The monoisotopic (exact) mass is 270 g/mol. The van der Waals surface area contributed by atoms with Crippen molar-refractivity contribution >= 4 is 5.91 Å². The van der Waals surface area contributed by atoms with E-state index < -0.39 is 0 Å². The fraction of sp³-hybridized carbons (Fsp3) is 0.471. The highest BCUT2D eigenvalue weighted by Gasteiger charge is 2.22. The quantitative estimate of drug-likeness (QED) is 0.856. The maximum absolute atomic E-state index is 12.4. The molecule has 106 valence electrons. The first-order valence-corrected chi connectivity index (χ1v) is 7.17. The van der Waals surface area contributed by atoms with E-state index in [0.717, 1.165) is 17.7 Å². The molecule has 0 aliphatic heterocycles. The second kappa shape index (κ2) is 6.58. The molecule has 0 unspecified atom stereocenters. The van der Waals surface area contributed by atoms with Crippen LogP contribution >= 0.6 is 0 Å². The molecule has 1 amide bonds. The van der Waals surface area contributed by atoms with Gasteiger partial charge in [0.2, 0.25) is 0 Å². The Morgan fingerprint density at radius 3 is 2.80 bits per heavy atom. The van der Waals surface area contributed by atoms with Crippen LogP contribution in [0, 0.1) is 24.7 Å². The third-order valence-electron chi connectivity index (χ3n) is 3.91. The molecular weight excluding hydrogens is 248 g/mol. The van der Waals surface area contributed by atoms with Gasteiger partial charge in [0.25, 0.3) is 5.91 Å². The molecule has 0 saturated heterocycles. The molecule has 3 nitrogen and oxygen atoms in total. The number of amides is 1. The fourth-order valence-electron chi connectivity index (χ4n) is 2.40. The average molecular weight is 270 g/mol. The van der Waals surface area contributed by atoms with Gasteiger partial charge in [0, 0.05) is 24.7 Å². The molecule has 2 N–H and O–H groups in total. The maximum Gasteiger partial charge on any atom is 0.253 e. The van der Waals surface area contributed by atoms with E-state index in [9.17, 15) is 4.79 Å². The number of benzene rings is 1. The van der Waals surface area contributed by atoms with E-state index in [0.29, 0.717) is 18.0 Å². The molecule has 1 aliphatic carbocycles. The van der Waals surface area contributed by atoms with E-state index in [1.54, 1.807) is 0 Å². The Balaban J connectivity index is 2.12. The van der Waals surface area contributed by atoms with Crippen LogP contribution in [0.4, 0.5) is 0 Å². The second-order valence-electron chi connectivity index (χ2n) is 5.52. The molecule has 1 fully saturated rings. The van der Waals surface area contributed by atoms with E-state index in [-0.39, 0.29) is 5.91 Å². The number of hydrogen-bond acceptors (Lipinski definition) is 2. The molecule has 1 saturated carbocycles. The number of hydrogen-bond donors (Lipinski definition) is 1. The zero-order valence-corrected chi connectivity index (χ0v) is 12.3. The summed E-state index contributed by atoms with van der Waals surface area (Å²) < 4.78 is 0. The lowest BCUT2D eigenvalue weighted by Crippen LogP contribution is -2.34. The number of nitrogens with zero attached hydrogens (tertiary/aromatic N) is 1. The molecule has 2 rings (SSSR count). The van der Waals surface area contributed by atoms with E-state index in [1.165, 1.54) is 19.3 Å². The van der Waals surface area contributed by atoms with Gasteiger partial charge in [-0.15, -0.1) is 0 Å². The summed E-state index contributed by atoms with van der Waals surface area (Å²) in [6, 6.07) is 5.70. The van der Waals surface area contributed by atoms with Crippen LogP contribution in [0.2, 0.25) is 0 Å². The van der Waals surface area contributed by atoms with E-state index in [2.05, 4.69) is 11.8 Å². The average Bonchev–Trinajstić information content (AvgIpc) is 2.41. The van der Waals surface area contributed by atoms with Crippen molar-refractivity contribution in [2.45, 2.75) is 26.2 Å². The van der Waals surface area contributed by atoms with Crippen LogP contribution in [0.25, 0.3) is 0 Å². The molecule has 0 heterocycles. The summed E-state index contributed by atoms with van der Waals surface area (Å²) in [4.78, 5) is 14.2. The van der Waals surface area contributed by atoms with Crippen molar-refractivity contribution in [3.8, 4) is 11.8 Å². The van der Waals surface area contributed by atoms with Crippen molar-refractivity contribution in [3.05, 3.63) is 34.9 Å². The van der Waals surface area contributed by atoms with Gasteiger partial charge < -0.3 is 10.6 Å². The smallest absolute Gasteiger partial charge is 0.253 e. The lowest BCUT2D eigenvalue weighted by atomic mass is 9.85. The highest BCUT2D eigenvalue weighted by Crippen LogP contribution is 2.27. The number of carbonyl (C=O) groups excluding carboxylic acids is 1. The Labute approximate surface area is 121 Å². The molecule has 20 heavy (non-hydrogen) atoms. The molecule has 0 aromatic heterocycles. The van der Waals surface area contributed by atoms with Crippen LogP contribution in [-0.4, -0.2) is 30.9 Å². The first-order chi connectivity index (χ1) is 9.61. The maximum atomic E-state index is 12.4. The minimum atomic E-state index is 0.0766. The van der Waals surface area contributed by atoms with E-state index in [1.807, 2.05) is 37.1 Å². The van der Waals surface area contributed by atoms with Crippen LogP contribution in [0.5, 0.6) is 0 Å². The molecule has 0 atom stereocenters. The van der Waals surface area contributed by atoms with Gasteiger partial charge >= 0.3 is 0 Å². The second-order valence-corrected chi connectivity index (χ2v) is 5.52. The van der Waals surface area contributed by atoms with E-state index >= 15 is 0 Å². The summed E-state index contributed by atoms with van der Waals surface area (Å²) >= 11 is 0. The summed E-state index contributed by atoms with van der Waals surface area (Å²) in [5, 5.41) is 0. The van der Waals surface area contributed by atoms with Crippen LogP contribution in [-0.2, 0) is 0 Å². The summed E-state index contributed by atoms with van der Waals surface area (Å²) in [7, 11) is 1.88. The van der Waals surface area contributed by atoms with Gasteiger partial charge in [0.05, 0.1) is 6.54 Å². The predicted octanol–water partition coefficient (Wildman–Crippen LogP) is 2.18. The first kappa shape index (κ1) is 14.6. The number of aryl methyl sites for hydroxylation is 1. The van der Waals surface area contributed by atoms with Crippen molar-refractivity contribution in [2.24, 2.45) is 11.7 Å². The highest BCUT2D eigenvalue weighted by molar-refractivity contribution is 5.94. The fourth-order valence-corrected chi connectivity index (χ4v) is 2.40. The molecule has 0 bridgehead atoms. The Morgan fingerprint density at radius 2 is 2.20 bits per heavy atom. The summed E-state index contributed by atoms with van der Waals surface area (Å²) in [6.45, 7) is 3.18. The van der Waals surface area contributed by atoms with Gasteiger partial charge in [0.15, 0.2) is 0 Å². The number of nitrogens with two attached hydrogens (primary N) is 1. The summed E-state index contributed by atoms with van der Waals surface area (Å²) in [6.07, 6.45) is 3.80. The lowest BCUT2D eigenvalue weighted by molar-refractivity contribution is 0.0745. The normalized spacial score (nSPS) is 14.2. The Kier molecular flexibility index (Phi) is 4.81. The van der Waals surface area contributed by atoms with Gasteiger partial charge in [0.1, 0.15) is 0 Å². The van der Waals surface area contributed by atoms with Crippen LogP contribution < -0.4 is 5.73 Å². The third kappa shape index (κ3) is 3.40. The molecular formula is C17H22N2O. The minimum absolute atomic E-state index is 0.0766. The number of carbonyl (C=O) groups is 1. The largest absolute Gasteiger partial charge is 0.341 e. The molecule has 1 aliphatic rings. The Hall–Kier alpha value is -1.79. The van der Waals surface area contributed by atoms with Crippen molar-refractivity contribution in [1.29, 1.82) is 0 Å². The molecule has 0 radical (unpaired) electrons. The van der Waals surface area contributed by atoms with Crippen LogP contribution in [0.1, 0.15) is 40.7 Å². The summed E-state index contributed by atoms with van der Waals surface area (Å²) in [5.74, 6) is 6.63. The van der Waals surface area contributed by atoms with Crippen LogP contribution in [0.3, 0.4) is 0 Å². The lowest BCUT2D eigenvalue weighted by Gasteiger charge is -2.30. The summed E-state index contributed by atoms with van der Waals surface area (Å²) in [5.41, 5.74) is 8.07. The first-order valence-electron chi connectivity index (χ1n) is 7.17. The zero-order valence-electron chi connectivity index (χ0n) is 12.3. The minimum Gasteiger partial charge on any atom is -0.341 e. The van der Waals surface area contributed by atoms with E-state index in [4.69, 9.17) is 5.73 Å². The van der Waals surface area contributed by atoms with Crippen molar-refractivity contribution in [1.82, 2.24) is 4.90 Å². The van der Waals surface area contributed by atoms with Crippen LogP contribution in [0.15, 0.2) is 18.2 Å². The highest BCUT2D eigenvalue weighted by atomic mass is 16.2. The topological polar surface area (TPSA) is 46.3 Å². The Morgan fingerprint density at radius 1 is 1.45 bits per heavy atom. The van der Waals surface area contributed by atoms with Gasteiger partial charge in [-0.2, -0.15) is 0 Å². The SMILES string of the molecule is Cc1ccc(C(=O)N(C)CC2CCC2)cc1C#CCN. The Bertz CT molecular complexity index is 550. The van der Waals surface area contributed by atoms with Gasteiger partial charge in [-0.1, -0.05) is 24.3 Å². The van der Waals surface area contributed by atoms with Crippen molar-refractivity contribution in [3.63, 3.8) is 0 Å². The van der Waals surface area contributed by atoms with Gasteiger partial charge in [-0.3, -0.25) is 4.79 Å². The van der Waals surface area contributed by atoms with Gasteiger partial charge in [-0.25, -0.2) is 0 Å². The van der Waals surface area contributed by atoms with Crippen molar-refractivity contribution < 1.29 is 4.79 Å². The molecule has 0 spiro atoms. The van der Waals surface area contributed by atoms with Crippen molar-refractivity contribution in [2.75, 3.05) is 20.1 Å². The molecule has 3 heteroatoms. The zero-order chi connectivity index (χ0) is 14.5. The molecule has 1 aromatic rings. The third-order valence-corrected chi connectivity index (χ3v) is 3.91. The van der Waals surface area contributed by atoms with Gasteiger partial charge in [-0.05, 0) is 43.4 Å². The molecule has 1 aromatic carbocycles.